The second-order valence-corrected chi connectivity index (χ2v) is 7.18. The van der Waals surface area contributed by atoms with Crippen molar-refractivity contribution in [1.29, 1.82) is 0 Å². The lowest BCUT2D eigenvalue weighted by Gasteiger charge is -2.10. The van der Waals surface area contributed by atoms with Gasteiger partial charge >= 0.3 is 0 Å². The van der Waals surface area contributed by atoms with Crippen LogP contribution in [0.15, 0.2) is 53.4 Å². The van der Waals surface area contributed by atoms with Crippen LogP contribution < -0.4 is 10.0 Å². The number of hydrogen-bond donors (Lipinski definition) is 2. The number of sulfonamides is 1. The highest BCUT2D eigenvalue weighted by atomic mass is 32.2. The minimum Gasteiger partial charge on any atom is -0.326 e. The van der Waals surface area contributed by atoms with Crippen LogP contribution in [-0.2, 0) is 14.8 Å². The Morgan fingerprint density at radius 1 is 1.08 bits per heavy atom. The average Bonchev–Trinajstić information content (AvgIpc) is 3.01. The van der Waals surface area contributed by atoms with Crippen molar-refractivity contribution in [2.45, 2.75) is 18.7 Å². The van der Waals surface area contributed by atoms with Crippen LogP contribution in [0, 0.1) is 6.92 Å². The highest BCUT2D eigenvalue weighted by Gasteiger charge is 2.15. The van der Waals surface area contributed by atoms with Gasteiger partial charge in [0.1, 0.15) is 0 Å². The smallest absolute Gasteiger partial charge is 0.261 e. The van der Waals surface area contributed by atoms with Gasteiger partial charge in [-0.15, -0.1) is 5.10 Å². The second-order valence-electron chi connectivity index (χ2n) is 5.50. The molecule has 2 N–H and O–H groups in total. The van der Waals surface area contributed by atoms with E-state index in [-0.39, 0.29) is 10.8 Å². The van der Waals surface area contributed by atoms with Crippen LogP contribution in [0.2, 0.25) is 0 Å². The lowest BCUT2D eigenvalue weighted by atomic mass is 10.3. The Labute approximate surface area is 150 Å². The van der Waals surface area contributed by atoms with Crippen molar-refractivity contribution in [1.82, 2.24) is 20.2 Å². The summed E-state index contributed by atoms with van der Waals surface area (Å²) in [7, 11) is -3.78. The molecule has 0 saturated carbocycles. The summed E-state index contributed by atoms with van der Waals surface area (Å²) in [5, 5.41) is 13.8. The Kier molecular flexibility index (Phi) is 4.67. The van der Waals surface area contributed by atoms with E-state index in [2.05, 4.69) is 25.6 Å². The molecule has 0 spiro atoms. The number of anilines is 2. The molecule has 0 fully saturated rings. The molecule has 0 radical (unpaired) electrons. The van der Waals surface area contributed by atoms with Gasteiger partial charge in [0.25, 0.3) is 10.0 Å². The quantitative estimate of drug-likeness (QED) is 0.704. The van der Waals surface area contributed by atoms with Crippen LogP contribution in [-0.4, -0.2) is 34.5 Å². The molecule has 1 amide bonds. The molecule has 3 aromatic rings. The van der Waals surface area contributed by atoms with Gasteiger partial charge in [0.15, 0.2) is 5.82 Å². The highest BCUT2D eigenvalue weighted by molar-refractivity contribution is 7.92. The summed E-state index contributed by atoms with van der Waals surface area (Å²) in [5.41, 5.74) is 1.53. The molecule has 10 heteroatoms. The maximum Gasteiger partial charge on any atom is 0.261 e. The first-order chi connectivity index (χ1) is 12.3. The molecular weight excluding hydrogens is 356 g/mol. The summed E-state index contributed by atoms with van der Waals surface area (Å²) < 4.78 is 29.1. The standard InChI is InChI=1S/C16H16N6O3S/c1-11-18-20-21-22(11)15-5-3-4-14(10-15)19-26(24,25)16-8-6-13(7-9-16)17-12(2)23/h3-10,19H,1-2H3,(H,17,23). The number of tetrazole rings is 1. The highest BCUT2D eigenvalue weighted by Crippen LogP contribution is 2.20. The summed E-state index contributed by atoms with van der Waals surface area (Å²) in [4.78, 5) is 11.1. The Bertz CT molecular complexity index is 1040. The number of aryl methyl sites for hydroxylation is 1. The second kappa shape index (κ2) is 6.92. The first-order valence-electron chi connectivity index (χ1n) is 7.61. The number of hydrogen-bond acceptors (Lipinski definition) is 6. The minimum atomic E-state index is -3.78. The Balaban J connectivity index is 1.83. The van der Waals surface area contributed by atoms with Gasteiger partial charge in [-0.3, -0.25) is 9.52 Å². The fraction of sp³-hybridized carbons (Fsp3) is 0.125. The van der Waals surface area contributed by atoms with E-state index in [1.165, 1.54) is 35.9 Å². The third-order valence-electron chi connectivity index (χ3n) is 3.45. The van der Waals surface area contributed by atoms with Crippen molar-refractivity contribution in [3.8, 4) is 5.69 Å². The van der Waals surface area contributed by atoms with E-state index >= 15 is 0 Å². The van der Waals surface area contributed by atoms with Crippen molar-refractivity contribution in [2.75, 3.05) is 10.0 Å². The number of rotatable bonds is 5. The van der Waals surface area contributed by atoms with Gasteiger partial charge in [-0.05, 0) is 59.8 Å². The van der Waals surface area contributed by atoms with Gasteiger partial charge in [-0.25, -0.2) is 8.42 Å². The van der Waals surface area contributed by atoms with Crippen LogP contribution in [0.1, 0.15) is 12.7 Å². The third kappa shape index (κ3) is 3.86. The molecule has 9 nitrogen and oxygen atoms in total. The molecule has 0 saturated heterocycles. The van der Waals surface area contributed by atoms with Crippen LogP contribution in [0.3, 0.4) is 0 Å². The van der Waals surface area contributed by atoms with Crippen molar-refractivity contribution < 1.29 is 13.2 Å². The molecule has 0 aliphatic carbocycles. The third-order valence-corrected chi connectivity index (χ3v) is 4.85. The molecular formula is C16H16N6O3S. The van der Waals surface area contributed by atoms with E-state index in [9.17, 15) is 13.2 Å². The predicted octanol–water partition coefficient (Wildman–Crippen LogP) is 1.73. The first-order valence-corrected chi connectivity index (χ1v) is 9.09. The number of aromatic nitrogens is 4. The van der Waals surface area contributed by atoms with E-state index in [1.54, 1.807) is 31.2 Å². The molecule has 3 rings (SSSR count). The largest absolute Gasteiger partial charge is 0.326 e. The number of nitrogens with one attached hydrogen (secondary N) is 2. The molecule has 0 atom stereocenters. The van der Waals surface area contributed by atoms with Gasteiger partial charge in [0.05, 0.1) is 16.3 Å². The summed E-state index contributed by atoms with van der Waals surface area (Å²) >= 11 is 0. The molecule has 0 bridgehead atoms. The Morgan fingerprint density at radius 2 is 1.81 bits per heavy atom. The zero-order valence-corrected chi connectivity index (χ0v) is 14.9. The Hall–Kier alpha value is -3.27. The van der Waals surface area contributed by atoms with E-state index in [4.69, 9.17) is 0 Å². The topological polar surface area (TPSA) is 119 Å². The molecule has 26 heavy (non-hydrogen) atoms. The SMILES string of the molecule is CC(=O)Nc1ccc(S(=O)(=O)Nc2cccc(-n3nnnc3C)c2)cc1. The molecule has 0 unspecified atom stereocenters. The van der Waals surface area contributed by atoms with Gasteiger partial charge in [-0.1, -0.05) is 6.07 Å². The zero-order valence-electron chi connectivity index (χ0n) is 14.0. The van der Waals surface area contributed by atoms with Gasteiger partial charge in [-0.2, -0.15) is 4.68 Å². The molecule has 2 aromatic carbocycles. The lowest BCUT2D eigenvalue weighted by molar-refractivity contribution is -0.114. The zero-order chi connectivity index (χ0) is 18.7. The van der Waals surface area contributed by atoms with Gasteiger partial charge in [0.2, 0.25) is 5.91 Å². The van der Waals surface area contributed by atoms with Crippen LogP contribution >= 0.6 is 0 Å². The van der Waals surface area contributed by atoms with Crippen LogP contribution in [0.25, 0.3) is 5.69 Å². The summed E-state index contributed by atoms with van der Waals surface area (Å²) in [6.45, 7) is 3.12. The number of nitrogens with zero attached hydrogens (tertiary/aromatic N) is 4. The minimum absolute atomic E-state index is 0.0793. The number of carbonyl (C=O) groups excluding carboxylic acids is 1. The maximum absolute atomic E-state index is 12.6. The van der Waals surface area contributed by atoms with Crippen molar-refractivity contribution in [2.24, 2.45) is 0 Å². The number of carbonyl (C=O) groups is 1. The van der Waals surface area contributed by atoms with E-state index in [1.807, 2.05) is 0 Å². The average molecular weight is 372 g/mol. The van der Waals surface area contributed by atoms with Crippen LogP contribution in [0.5, 0.6) is 0 Å². The van der Waals surface area contributed by atoms with Gasteiger partial charge < -0.3 is 5.32 Å². The van der Waals surface area contributed by atoms with E-state index in [0.717, 1.165) is 0 Å². The molecule has 134 valence electrons. The summed E-state index contributed by atoms with van der Waals surface area (Å²) in [6, 6.07) is 12.6. The first kappa shape index (κ1) is 17.5. The van der Waals surface area contributed by atoms with E-state index < -0.39 is 10.0 Å². The molecule has 0 aliphatic rings. The molecule has 1 heterocycles. The number of amides is 1. The van der Waals surface area contributed by atoms with Crippen molar-refractivity contribution in [3.63, 3.8) is 0 Å². The van der Waals surface area contributed by atoms with Gasteiger partial charge in [0, 0.05) is 12.6 Å². The Morgan fingerprint density at radius 3 is 2.42 bits per heavy atom. The normalized spacial score (nSPS) is 11.2. The molecule has 1 aromatic heterocycles. The van der Waals surface area contributed by atoms with E-state index in [0.29, 0.717) is 22.9 Å². The fourth-order valence-electron chi connectivity index (χ4n) is 2.31. The predicted molar refractivity (Wildman–Crippen MR) is 95.4 cm³/mol. The molecule has 0 aliphatic heterocycles. The monoisotopic (exact) mass is 372 g/mol. The maximum atomic E-state index is 12.6. The fourth-order valence-corrected chi connectivity index (χ4v) is 3.36. The van der Waals surface area contributed by atoms with Crippen LogP contribution in [0.4, 0.5) is 11.4 Å². The number of benzene rings is 2. The summed E-state index contributed by atoms with van der Waals surface area (Å²) in [6.07, 6.45) is 0. The van der Waals surface area contributed by atoms with Crippen molar-refractivity contribution >= 4 is 27.3 Å². The lowest BCUT2D eigenvalue weighted by Crippen LogP contribution is -2.13. The summed E-state index contributed by atoms with van der Waals surface area (Å²) in [5.74, 6) is 0.354. The van der Waals surface area contributed by atoms with Crippen molar-refractivity contribution in [3.05, 3.63) is 54.4 Å².